The van der Waals surface area contributed by atoms with E-state index in [9.17, 15) is 14.0 Å². The van der Waals surface area contributed by atoms with Crippen LogP contribution in [0.5, 0.6) is 0 Å². The summed E-state index contributed by atoms with van der Waals surface area (Å²) in [4.78, 5) is 26.1. The Balaban J connectivity index is 2.08. The van der Waals surface area contributed by atoms with Crippen molar-refractivity contribution in [3.05, 3.63) is 30.1 Å². The highest BCUT2D eigenvalue weighted by Crippen LogP contribution is 2.22. The van der Waals surface area contributed by atoms with Gasteiger partial charge in [-0.3, -0.25) is 9.59 Å². The van der Waals surface area contributed by atoms with Crippen LogP contribution in [0.1, 0.15) is 26.2 Å². The third-order valence-electron chi connectivity index (χ3n) is 3.82. The fourth-order valence-corrected chi connectivity index (χ4v) is 2.63. The number of nitrogens with zero attached hydrogens (tertiary/aromatic N) is 1. The monoisotopic (exact) mass is 308 g/mol. The van der Waals surface area contributed by atoms with Crippen molar-refractivity contribution in [1.82, 2.24) is 5.32 Å². The minimum absolute atomic E-state index is 0.212. The standard InChI is InChI=1S/C16H21FN2O3/c1-3-14(22-2)15(20)18-13-8-5-9-19(16(13)21)12-7-4-6-11(17)10-12/h4,6-7,10,13-14H,3,5,8-9H2,1-2H3,(H,18,20)/t13-,14+/m0/s1. The lowest BCUT2D eigenvalue weighted by atomic mass is 10.0. The number of nitrogens with one attached hydrogen (secondary N) is 1. The zero-order valence-electron chi connectivity index (χ0n) is 12.8. The molecule has 1 saturated heterocycles. The summed E-state index contributed by atoms with van der Waals surface area (Å²) in [7, 11) is 1.47. The zero-order chi connectivity index (χ0) is 16.1. The van der Waals surface area contributed by atoms with Gasteiger partial charge < -0.3 is 15.0 Å². The smallest absolute Gasteiger partial charge is 0.249 e. The van der Waals surface area contributed by atoms with Crippen LogP contribution >= 0.6 is 0 Å². The van der Waals surface area contributed by atoms with Crippen LogP contribution in [-0.4, -0.2) is 37.6 Å². The molecule has 1 aliphatic heterocycles. The second kappa shape index (κ2) is 7.35. The fraction of sp³-hybridized carbons (Fsp3) is 0.500. The molecule has 1 fully saturated rings. The van der Waals surface area contributed by atoms with Crippen LogP contribution in [0.4, 0.5) is 10.1 Å². The number of benzene rings is 1. The molecular formula is C16H21FN2O3. The molecule has 2 amide bonds. The number of carbonyl (C=O) groups excluding carboxylic acids is 2. The van der Waals surface area contributed by atoms with Crippen molar-refractivity contribution < 1.29 is 18.7 Å². The van der Waals surface area contributed by atoms with Gasteiger partial charge in [-0.2, -0.15) is 0 Å². The van der Waals surface area contributed by atoms with Crippen molar-refractivity contribution >= 4 is 17.5 Å². The Morgan fingerprint density at radius 3 is 2.95 bits per heavy atom. The molecule has 5 nitrogen and oxygen atoms in total. The van der Waals surface area contributed by atoms with Crippen LogP contribution in [0.15, 0.2) is 24.3 Å². The minimum Gasteiger partial charge on any atom is -0.372 e. The van der Waals surface area contributed by atoms with Gasteiger partial charge in [0.1, 0.15) is 18.0 Å². The molecule has 0 radical (unpaired) electrons. The van der Waals surface area contributed by atoms with Crippen molar-refractivity contribution in [3.63, 3.8) is 0 Å². The van der Waals surface area contributed by atoms with Gasteiger partial charge in [0.15, 0.2) is 0 Å². The molecule has 1 aromatic rings. The molecule has 0 spiro atoms. The molecule has 0 bridgehead atoms. The second-order valence-electron chi connectivity index (χ2n) is 5.31. The van der Waals surface area contributed by atoms with Crippen molar-refractivity contribution in [2.75, 3.05) is 18.6 Å². The van der Waals surface area contributed by atoms with Gasteiger partial charge in [0, 0.05) is 19.3 Å². The third kappa shape index (κ3) is 3.62. The van der Waals surface area contributed by atoms with E-state index in [1.165, 1.54) is 24.1 Å². The molecule has 0 saturated carbocycles. The molecule has 2 rings (SSSR count). The first-order valence-electron chi connectivity index (χ1n) is 7.47. The second-order valence-corrected chi connectivity index (χ2v) is 5.31. The van der Waals surface area contributed by atoms with E-state index in [1.807, 2.05) is 6.92 Å². The fourth-order valence-electron chi connectivity index (χ4n) is 2.63. The number of anilines is 1. The van der Waals surface area contributed by atoms with Gasteiger partial charge in [0.2, 0.25) is 11.8 Å². The third-order valence-corrected chi connectivity index (χ3v) is 3.82. The van der Waals surface area contributed by atoms with E-state index in [4.69, 9.17) is 4.74 Å². The topological polar surface area (TPSA) is 58.6 Å². The van der Waals surface area contributed by atoms with Crippen molar-refractivity contribution in [1.29, 1.82) is 0 Å². The highest BCUT2D eigenvalue weighted by Gasteiger charge is 2.32. The van der Waals surface area contributed by atoms with Crippen molar-refractivity contribution in [3.8, 4) is 0 Å². The van der Waals surface area contributed by atoms with Gasteiger partial charge in [-0.05, 0) is 37.5 Å². The van der Waals surface area contributed by atoms with E-state index in [2.05, 4.69) is 5.32 Å². The normalized spacial score (nSPS) is 19.9. The van der Waals surface area contributed by atoms with E-state index in [1.54, 1.807) is 12.1 Å². The molecule has 1 N–H and O–H groups in total. The Hall–Kier alpha value is -1.95. The quantitative estimate of drug-likeness (QED) is 0.903. The van der Waals surface area contributed by atoms with Gasteiger partial charge in [-0.15, -0.1) is 0 Å². The van der Waals surface area contributed by atoms with E-state index in [0.717, 1.165) is 6.42 Å². The predicted molar refractivity (Wildman–Crippen MR) is 81.0 cm³/mol. The molecule has 120 valence electrons. The number of ether oxygens (including phenoxy) is 1. The van der Waals surface area contributed by atoms with Gasteiger partial charge in [0.05, 0.1) is 0 Å². The number of halogens is 1. The largest absolute Gasteiger partial charge is 0.372 e. The Bertz CT molecular complexity index is 546. The van der Waals surface area contributed by atoms with Gasteiger partial charge in [-0.1, -0.05) is 13.0 Å². The minimum atomic E-state index is -0.589. The summed E-state index contributed by atoms with van der Waals surface area (Å²) >= 11 is 0. The zero-order valence-corrected chi connectivity index (χ0v) is 12.8. The summed E-state index contributed by atoms with van der Waals surface area (Å²) in [5, 5.41) is 2.74. The number of hydrogen-bond donors (Lipinski definition) is 1. The average molecular weight is 308 g/mol. The lowest BCUT2D eigenvalue weighted by Crippen LogP contribution is -2.54. The SMILES string of the molecule is CC[C@@H](OC)C(=O)N[C@H]1CCCN(c2cccc(F)c2)C1=O. The molecule has 6 heteroatoms. The number of amides is 2. The van der Waals surface area contributed by atoms with Crippen LogP contribution in [-0.2, 0) is 14.3 Å². The Kier molecular flexibility index (Phi) is 5.49. The Morgan fingerprint density at radius 1 is 1.55 bits per heavy atom. The van der Waals surface area contributed by atoms with Gasteiger partial charge >= 0.3 is 0 Å². The van der Waals surface area contributed by atoms with Crippen LogP contribution in [0.2, 0.25) is 0 Å². The molecule has 1 aromatic carbocycles. The van der Waals surface area contributed by atoms with Gasteiger partial charge in [0.25, 0.3) is 0 Å². The number of piperidine rings is 1. The van der Waals surface area contributed by atoms with Crippen LogP contribution < -0.4 is 10.2 Å². The first kappa shape index (κ1) is 16.4. The van der Waals surface area contributed by atoms with Crippen molar-refractivity contribution in [2.45, 2.75) is 38.3 Å². The molecule has 0 unspecified atom stereocenters. The highest BCUT2D eigenvalue weighted by atomic mass is 19.1. The molecule has 1 heterocycles. The maximum absolute atomic E-state index is 13.3. The van der Waals surface area contributed by atoms with E-state index in [-0.39, 0.29) is 17.6 Å². The summed E-state index contributed by atoms with van der Waals surface area (Å²) in [6.07, 6.45) is 1.31. The van der Waals surface area contributed by atoms with E-state index in [0.29, 0.717) is 25.1 Å². The first-order chi connectivity index (χ1) is 10.6. The molecule has 0 aromatic heterocycles. The summed E-state index contributed by atoms with van der Waals surface area (Å²) in [5.41, 5.74) is 0.516. The van der Waals surface area contributed by atoms with Gasteiger partial charge in [-0.25, -0.2) is 4.39 Å². The molecule has 0 aliphatic carbocycles. The molecular weight excluding hydrogens is 287 g/mol. The number of carbonyl (C=O) groups is 2. The first-order valence-corrected chi connectivity index (χ1v) is 7.47. The van der Waals surface area contributed by atoms with Crippen LogP contribution in [0, 0.1) is 5.82 Å². The number of hydrogen-bond acceptors (Lipinski definition) is 3. The summed E-state index contributed by atoms with van der Waals surface area (Å²) in [5.74, 6) is -0.887. The summed E-state index contributed by atoms with van der Waals surface area (Å²) < 4.78 is 18.4. The number of methoxy groups -OCH3 is 1. The average Bonchev–Trinajstić information content (AvgIpc) is 2.50. The number of rotatable bonds is 5. The molecule has 22 heavy (non-hydrogen) atoms. The van der Waals surface area contributed by atoms with Crippen LogP contribution in [0.3, 0.4) is 0 Å². The lowest BCUT2D eigenvalue weighted by Gasteiger charge is -2.33. The maximum atomic E-state index is 13.3. The Labute approximate surface area is 129 Å². The lowest BCUT2D eigenvalue weighted by molar-refractivity contribution is -0.135. The highest BCUT2D eigenvalue weighted by molar-refractivity contribution is 6.00. The molecule has 2 atom stereocenters. The van der Waals surface area contributed by atoms with Crippen molar-refractivity contribution in [2.24, 2.45) is 0 Å². The predicted octanol–water partition coefficient (Wildman–Crippen LogP) is 1.86. The molecule has 1 aliphatic rings. The summed E-state index contributed by atoms with van der Waals surface area (Å²) in [6.45, 7) is 2.37. The maximum Gasteiger partial charge on any atom is 0.249 e. The van der Waals surface area contributed by atoms with Crippen LogP contribution in [0.25, 0.3) is 0 Å². The van der Waals surface area contributed by atoms with E-state index < -0.39 is 12.1 Å². The Morgan fingerprint density at radius 2 is 2.32 bits per heavy atom. The summed E-state index contributed by atoms with van der Waals surface area (Å²) in [6, 6.07) is 5.33. The van der Waals surface area contributed by atoms with E-state index >= 15 is 0 Å².